The maximum absolute atomic E-state index is 14.3. The molecule has 10 nitrogen and oxygen atoms in total. The number of carbonyl (C=O) groups is 2. The Kier molecular flexibility index (Phi) is 16.8. The van der Waals surface area contributed by atoms with Gasteiger partial charge in [0, 0.05) is 43.1 Å². The molecule has 0 aliphatic heterocycles. The minimum atomic E-state index is -0.633. The zero-order valence-electron chi connectivity index (χ0n) is 26.3. The van der Waals surface area contributed by atoms with E-state index in [0.29, 0.717) is 22.7 Å². The molecule has 2 amide bonds. The van der Waals surface area contributed by atoms with Crippen molar-refractivity contribution >= 4 is 47.3 Å². The van der Waals surface area contributed by atoms with Crippen molar-refractivity contribution in [2.24, 2.45) is 9.98 Å². The normalized spacial score (nSPS) is 9.84. The standard InChI is InChI=1S/C24H24FN3O4.C8H17N3.ClH/c1-28(2)18-7-5-6-15(12-18)23(29)26-17-9-10-19(25)20(14-17)27-24(30)16-8-11-21(31-3)22(13-16)32-4;1-4-9-8-10-6-5-7-11(2)3;/h5-14H,1-4H3,(H,26,29)(H,27,30);4-7H2,1-3H3;1H. The van der Waals surface area contributed by atoms with Crippen LogP contribution in [-0.2, 0) is 0 Å². The van der Waals surface area contributed by atoms with Crippen LogP contribution >= 0.6 is 12.4 Å². The van der Waals surface area contributed by atoms with Crippen LogP contribution in [0.2, 0.25) is 0 Å². The lowest BCUT2D eigenvalue weighted by molar-refractivity contribution is 0.101. The predicted molar refractivity (Wildman–Crippen MR) is 178 cm³/mol. The molecule has 44 heavy (non-hydrogen) atoms. The van der Waals surface area contributed by atoms with E-state index in [0.717, 1.165) is 31.7 Å². The van der Waals surface area contributed by atoms with Gasteiger partial charge in [0.1, 0.15) is 5.82 Å². The molecule has 0 fully saturated rings. The molecule has 238 valence electrons. The van der Waals surface area contributed by atoms with Crippen LogP contribution in [0.3, 0.4) is 0 Å². The number of ether oxygens (including phenoxy) is 2. The second kappa shape index (κ2) is 19.7. The molecule has 0 unspecified atom stereocenters. The highest BCUT2D eigenvalue weighted by Crippen LogP contribution is 2.28. The lowest BCUT2D eigenvalue weighted by atomic mass is 10.1. The van der Waals surface area contributed by atoms with Gasteiger partial charge in [0.2, 0.25) is 0 Å². The van der Waals surface area contributed by atoms with Crippen molar-refractivity contribution in [1.29, 1.82) is 0 Å². The van der Waals surface area contributed by atoms with E-state index in [1.807, 2.05) is 32.0 Å². The van der Waals surface area contributed by atoms with Crippen molar-refractivity contribution in [2.45, 2.75) is 13.3 Å². The molecular weight excluding hydrogens is 587 g/mol. The first kappa shape index (κ1) is 37.6. The second-order valence-corrected chi connectivity index (χ2v) is 9.73. The molecule has 0 spiro atoms. The summed E-state index contributed by atoms with van der Waals surface area (Å²) in [5, 5.41) is 5.25. The van der Waals surface area contributed by atoms with E-state index in [1.165, 1.54) is 44.6 Å². The van der Waals surface area contributed by atoms with Crippen LogP contribution in [0.5, 0.6) is 11.5 Å². The van der Waals surface area contributed by atoms with Crippen LogP contribution in [0.4, 0.5) is 21.5 Å². The fraction of sp³-hybridized carbons (Fsp3) is 0.344. The minimum Gasteiger partial charge on any atom is -0.493 e. The van der Waals surface area contributed by atoms with Crippen molar-refractivity contribution in [3.8, 4) is 11.5 Å². The summed E-state index contributed by atoms with van der Waals surface area (Å²) in [5.74, 6) is -0.671. The van der Waals surface area contributed by atoms with Gasteiger partial charge in [0.05, 0.1) is 32.5 Å². The van der Waals surface area contributed by atoms with Crippen LogP contribution in [0.1, 0.15) is 34.1 Å². The van der Waals surface area contributed by atoms with Gasteiger partial charge in [-0.05, 0) is 88.6 Å². The highest BCUT2D eigenvalue weighted by atomic mass is 35.5. The molecule has 3 aromatic rings. The number of amides is 2. The monoisotopic (exact) mass is 628 g/mol. The van der Waals surface area contributed by atoms with Crippen LogP contribution in [0.25, 0.3) is 0 Å². The van der Waals surface area contributed by atoms with E-state index in [9.17, 15) is 14.0 Å². The van der Waals surface area contributed by atoms with E-state index in [1.54, 1.807) is 24.3 Å². The first-order valence-corrected chi connectivity index (χ1v) is 13.7. The highest BCUT2D eigenvalue weighted by Gasteiger charge is 2.15. The van der Waals surface area contributed by atoms with Crippen molar-refractivity contribution in [1.82, 2.24) is 4.90 Å². The molecule has 0 saturated heterocycles. The smallest absolute Gasteiger partial charge is 0.255 e. The van der Waals surface area contributed by atoms with Crippen molar-refractivity contribution in [3.05, 3.63) is 77.6 Å². The predicted octanol–water partition coefficient (Wildman–Crippen LogP) is 5.97. The lowest BCUT2D eigenvalue weighted by Crippen LogP contribution is -2.16. The minimum absolute atomic E-state index is 0. The summed E-state index contributed by atoms with van der Waals surface area (Å²) in [6, 6.07) is 18.3. The third-order valence-corrected chi connectivity index (χ3v) is 5.92. The Bertz CT molecular complexity index is 1430. The Morgan fingerprint density at radius 1 is 0.864 bits per heavy atom. The van der Waals surface area contributed by atoms with Crippen LogP contribution < -0.4 is 25.0 Å². The summed E-state index contributed by atoms with van der Waals surface area (Å²) >= 11 is 0. The van der Waals surface area contributed by atoms with Gasteiger partial charge in [0.25, 0.3) is 11.8 Å². The SMILES string of the molecule is CCN=C=NCCCN(C)C.COc1ccc(C(=O)Nc2cc(NC(=O)c3cccc(N(C)C)c3)ccc2F)cc1OC.Cl. The number of nitrogens with zero attached hydrogens (tertiary/aromatic N) is 4. The molecule has 0 aliphatic carbocycles. The fourth-order valence-electron chi connectivity index (χ4n) is 3.64. The first-order chi connectivity index (χ1) is 20.6. The zero-order valence-corrected chi connectivity index (χ0v) is 27.1. The number of benzene rings is 3. The Morgan fingerprint density at radius 3 is 2.18 bits per heavy atom. The summed E-state index contributed by atoms with van der Waals surface area (Å²) in [6.45, 7) is 4.67. The topological polar surface area (TPSA) is 108 Å². The zero-order chi connectivity index (χ0) is 31.8. The largest absolute Gasteiger partial charge is 0.493 e. The van der Waals surface area contributed by atoms with Crippen molar-refractivity contribution in [3.63, 3.8) is 0 Å². The number of hydrogen-bond donors (Lipinski definition) is 2. The van der Waals surface area contributed by atoms with Gasteiger partial charge in [-0.25, -0.2) is 14.4 Å². The first-order valence-electron chi connectivity index (χ1n) is 13.7. The summed E-state index contributed by atoms with van der Waals surface area (Å²) in [4.78, 5) is 37.1. The van der Waals surface area contributed by atoms with Crippen molar-refractivity contribution in [2.75, 3.05) is 77.6 Å². The van der Waals surface area contributed by atoms with Gasteiger partial charge in [0.15, 0.2) is 11.5 Å². The van der Waals surface area contributed by atoms with Gasteiger partial charge in [-0.1, -0.05) is 6.07 Å². The third-order valence-electron chi connectivity index (χ3n) is 5.92. The molecule has 2 N–H and O–H groups in total. The number of halogens is 2. The second-order valence-electron chi connectivity index (χ2n) is 9.73. The average Bonchev–Trinajstić information content (AvgIpc) is 3.00. The summed E-state index contributed by atoms with van der Waals surface area (Å²) < 4.78 is 24.7. The fourth-order valence-corrected chi connectivity index (χ4v) is 3.64. The van der Waals surface area contributed by atoms with Crippen LogP contribution in [-0.4, -0.2) is 84.8 Å². The van der Waals surface area contributed by atoms with E-state index in [2.05, 4.69) is 45.6 Å². The molecule has 0 saturated carbocycles. The maximum atomic E-state index is 14.3. The highest BCUT2D eigenvalue weighted by molar-refractivity contribution is 6.07. The van der Waals surface area contributed by atoms with Crippen LogP contribution in [0, 0.1) is 5.82 Å². The molecule has 0 bridgehead atoms. The van der Waals surface area contributed by atoms with Crippen LogP contribution in [0.15, 0.2) is 70.6 Å². The van der Waals surface area contributed by atoms with E-state index in [4.69, 9.17) is 9.47 Å². The molecule has 3 rings (SSSR count). The molecule has 0 heterocycles. The molecular formula is C32H42ClFN6O4. The van der Waals surface area contributed by atoms with Gasteiger partial charge >= 0.3 is 0 Å². The number of methoxy groups -OCH3 is 2. The molecule has 0 radical (unpaired) electrons. The molecule has 0 aliphatic rings. The third kappa shape index (κ3) is 12.4. The number of hydrogen-bond acceptors (Lipinski definition) is 8. The number of aliphatic imine (C=N–C) groups is 2. The van der Waals surface area contributed by atoms with E-state index < -0.39 is 11.7 Å². The molecule has 0 atom stereocenters. The average molecular weight is 629 g/mol. The quantitative estimate of drug-likeness (QED) is 0.189. The lowest BCUT2D eigenvalue weighted by Gasteiger charge is -2.14. The Morgan fingerprint density at radius 2 is 1.55 bits per heavy atom. The number of anilines is 3. The van der Waals surface area contributed by atoms with Gasteiger partial charge < -0.3 is 29.9 Å². The Balaban J connectivity index is 0.000000690. The summed E-state index contributed by atoms with van der Waals surface area (Å²) in [5.41, 5.74) is 1.87. The molecule has 12 heteroatoms. The Labute approximate surface area is 265 Å². The maximum Gasteiger partial charge on any atom is 0.255 e. The van der Waals surface area contributed by atoms with E-state index in [-0.39, 0.29) is 29.6 Å². The Hall–Kier alpha value is -4.44. The van der Waals surface area contributed by atoms with Gasteiger partial charge in [-0.15, -0.1) is 12.4 Å². The number of rotatable bonds is 12. The summed E-state index contributed by atoms with van der Waals surface area (Å²) in [7, 11) is 10.8. The summed E-state index contributed by atoms with van der Waals surface area (Å²) in [6.07, 6.45) is 1.08. The van der Waals surface area contributed by atoms with Gasteiger partial charge in [-0.3, -0.25) is 9.59 Å². The van der Waals surface area contributed by atoms with Crippen molar-refractivity contribution < 1.29 is 23.5 Å². The molecule has 3 aromatic carbocycles. The number of carbonyl (C=O) groups excluding carboxylic acids is 2. The van der Waals surface area contributed by atoms with E-state index >= 15 is 0 Å². The molecule has 0 aromatic heterocycles. The number of nitrogens with one attached hydrogen (secondary N) is 2. The van der Waals surface area contributed by atoms with Gasteiger partial charge in [-0.2, -0.15) is 0 Å².